The van der Waals surface area contributed by atoms with E-state index in [1.165, 1.54) is 12.4 Å². The molecular weight excluding hydrogens is 254 g/mol. The highest BCUT2D eigenvalue weighted by molar-refractivity contribution is 5.99. The van der Waals surface area contributed by atoms with Gasteiger partial charge in [-0.2, -0.15) is 0 Å². The predicted molar refractivity (Wildman–Crippen MR) is 78.7 cm³/mol. The summed E-state index contributed by atoms with van der Waals surface area (Å²) in [5.41, 5.74) is 0.855. The number of pyridine rings is 1. The monoisotopic (exact) mass is 277 g/mol. The maximum Gasteiger partial charge on any atom is 0.255 e. The SMILES string of the molecule is CCCCN(C)C(=O)c1cncc(C(=O)NC(C)C)c1. The van der Waals surface area contributed by atoms with E-state index in [1.54, 1.807) is 18.0 Å². The topological polar surface area (TPSA) is 62.3 Å². The highest BCUT2D eigenvalue weighted by Crippen LogP contribution is 2.07. The summed E-state index contributed by atoms with van der Waals surface area (Å²) in [6.45, 7) is 6.56. The molecule has 110 valence electrons. The van der Waals surface area contributed by atoms with Gasteiger partial charge in [0.25, 0.3) is 11.8 Å². The molecule has 5 heteroatoms. The van der Waals surface area contributed by atoms with Crippen LogP contribution in [-0.2, 0) is 0 Å². The highest BCUT2D eigenvalue weighted by atomic mass is 16.2. The lowest BCUT2D eigenvalue weighted by Crippen LogP contribution is -2.31. The van der Waals surface area contributed by atoms with Crippen molar-refractivity contribution in [2.45, 2.75) is 39.7 Å². The highest BCUT2D eigenvalue weighted by Gasteiger charge is 2.14. The Kier molecular flexibility index (Phi) is 6.15. The van der Waals surface area contributed by atoms with Crippen LogP contribution in [0.5, 0.6) is 0 Å². The summed E-state index contributed by atoms with van der Waals surface area (Å²) in [5, 5.41) is 2.78. The molecule has 5 nitrogen and oxygen atoms in total. The van der Waals surface area contributed by atoms with Crippen molar-refractivity contribution in [1.29, 1.82) is 0 Å². The third kappa shape index (κ3) is 4.64. The van der Waals surface area contributed by atoms with Crippen molar-refractivity contribution in [3.05, 3.63) is 29.6 Å². The standard InChI is InChI=1S/C15H23N3O2/c1-5-6-7-18(4)15(20)13-8-12(9-16-10-13)14(19)17-11(2)3/h8-11H,5-7H2,1-4H3,(H,17,19). The molecule has 0 fully saturated rings. The number of unbranched alkanes of at least 4 members (excludes halogenated alkanes) is 1. The quantitative estimate of drug-likeness (QED) is 0.866. The Morgan fingerprint density at radius 2 is 1.95 bits per heavy atom. The molecule has 1 aromatic rings. The fourth-order valence-electron chi connectivity index (χ4n) is 1.74. The van der Waals surface area contributed by atoms with Crippen molar-refractivity contribution in [2.75, 3.05) is 13.6 Å². The molecule has 0 unspecified atom stereocenters. The first-order chi connectivity index (χ1) is 9.45. The first-order valence-electron chi connectivity index (χ1n) is 6.97. The summed E-state index contributed by atoms with van der Waals surface area (Å²) in [4.78, 5) is 29.7. The van der Waals surface area contributed by atoms with Crippen LogP contribution >= 0.6 is 0 Å². The van der Waals surface area contributed by atoms with E-state index < -0.39 is 0 Å². The average Bonchev–Trinajstić information content (AvgIpc) is 2.43. The van der Waals surface area contributed by atoms with Crippen LogP contribution in [0.2, 0.25) is 0 Å². The van der Waals surface area contributed by atoms with Crippen LogP contribution in [0.4, 0.5) is 0 Å². The molecule has 0 aliphatic heterocycles. The maximum absolute atomic E-state index is 12.2. The molecule has 0 atom stereocenters. The van der Waals surface area contributed by atoms with E-state index >= 15 is 0 Å². The second-order valence-electron chi connectivity index (χ2n) is 5.17. The third-order valence-electron chi connectivity index (χ3n) is 2.86. The molecule has 0 saturated carbocycles. The van der Waals surface area contributed by atoms with Crippen LogP contribution in [-0.4, -0.2) is 41.3 Å². The van der Waals surface area contributed by atoms with Gasteiger partial charge in [-0.05, 0) is 26.3 Å². The van der Waals surface area contributed by atoms with Gasteiger partial charge in [0.2, 0.25) is 0 Å². The van der Waals surface area contributed by atoms with Gasteiger partial charge in [-0.15, -0.1) is 0 Å². The number of carbonyl (C=O) groups is 2. The second kappa shape index (κ2) is 7.62. The van der Waals surface area contributed by atoms with Gasteiger partial charge in [-0.3, -0.25) is 14.6 Å². The van der Waals surface area contributed by atoms with Crippen LogP contribution in [0.25, 0.3) is 0 Å². The molecule has 0 aliphatic rings. The Balaban J connectivity index is 2.82. The van der Waals surface area contributed by atoms with E-state index in [9.17, 15) is 9.59 Å². The predicted octanol–water partition coefficient (Wildman–Crippen LogP) is 2.09. The fraction of sp³-hybridized carbons (Fsp3) is 0.533. The minimum absolute atomic E-state index is 0.0501. The van der Waals surface area contributed by atoms with Crippen molar-refractivity contribution in [3.8, 4) is 0 Å². The van der Waals surface area contributed by atoms with E-state index in [4.69, 9.17) is 0 Å². The first-order valence-corrected chi connectivity index (χ1v) is 6.97. The summed E-state index contributed by atoms with van der Waals surface area (Å²) < 4.78 is 0. The molecule has 1 heterocycles. The Morgan fingerprint density at radius 1 is 1.30 bits per heavy atom. The third-order valence-corrected chi connectivity index (χ3v) is 2.86. The molecule has 1 aromatic heterocycles. The molecule has 0 aliphatic carbocycles. The smallest absolute Gasteiger partial charge is 0.255 e. The van der Waals surface area contributed by atoms with E-state index in [0.29, 0.717) is 17.7 Å². The van der Waals surface area contributed by atoms with E-state index in [0.717, 1.165) is 12.8 Å². The van der Waals surface area contributed by atoms with E-state index in [1.807, 2.05) is 13.8 Å². The summed E-state index contributed by atoms with van der Waals surface area (Å²) >= 11 is 0. The Labute approximate surface area is 120 Å². The number of carbonyl (C=O) groups excluding carboxylic acids is 2. The van der Waals surface area contributed by atoms with Gasteiger partial charge in [-0.25, -0.2) is 0 Å². The largest absolute Gasteiger partial charge is 0.350 e. The van der Waals surface area contributed by atoms with Crippen molar-refractivity contribution < 1.29 is 9.59 Å². The number of aromatic nitrogens is 1. The van der Waals surface area contributed by atoms with Gasteiger partial charge >= 0.3 is 0 Å². The van der Waals surface area contributed by atoms with E-state index in [2.05, 4.69) is 17.2 Å². The number of amides is 2. The number of nitrogens with zero attached hydrogens (tertiary/aromatic N) is 2. The molecule has 0 spiro atoms. The van der Waals surface area contributed by atoms with Gasteiger partial charge in [-0.1, -0.05) is 13.3 Å². The van der Waals surface area contributed by atoms with Gasteiger partial charge in [0.15, 0.2) is 0 Å². The van der Waals surface area contributed by atoms with Gasteiger partial charge in [0.1, 0.15) is 0 Å². The summed E-state index contributed by atoms with van der Waals surface area (Å²) in [6.07, 6.45) is 4.97. The molecule has 0 bridgehead atoms. The molecule has 20 heavy (non-hydrogen) atoms. The van der Waals surface area contributed by atoms with Crippen LogP contribution in [0, 0.1) is 0 Å². The number of rotatable bonds is 6. The van der Waals surface area contributed by atoms with Crippen molar-refractivity contribution in [3.63, 3.8) is 0 Å². The lowest BCUT2D eigenvalue weighted by molar-refractivity contribution is 0.0793. The van der Waals surface area contributed by atoms with Gasteiger partial charge < -0.3 is 10.2 Å². The molecule has 1 N–H and O–H groups in total. The normalized spacial score (nSPS) is 10.4. The number of hydrogen-bond donors (Lipinski definition) is 1. The molecular formula is C15H23N3O2. The molecule has 1 rings (SSSR count). The van der Waals surface area contributed by atoms with Crippen molar-refractivity contribution in [2.24, 2.45) is 0 Å². The molecule has 0 radical (unpaired) electrons. The van der Waals surface area contributed by atoms with Crippen molar-refractivity contribution in [1.82, 2.24) is 15.2 Å². The van der Waals surface area contributed by atoms with Crippen LogP contribution in [0.1, 0.15) is 54.3 Å². The zero-order valence-corrected chi connectivity index (χ0v) is 12.6. The molecule has 0 aromatic carbocycles. The lowest BCUT2D eigenvalue weighted by atomic mass is 10.1. The minimum Gasteiger partial charge on any atom is -0.350 e. The zero-order valence-electron chi connectivity index (χ0n) is 12.6. The summed E-state index contributed by atoms with van der Waals surface area (Å²) in [7, 11) is 1.76. The average molecular weight is 277 g/mol. The number of nitrogens with one attached hydrogen (secondary N) is 1. The second-order valence-corrected chi connectivity index (χ2v) is 5.17. The van der Waals surface area contributed by atoms with Crippen molar-refractivity contribution >= 4 is 11.8 Å². The lowest BCUT2D eigenvalue weighted by Gasteiger charge is -2.17. The number of hydrogen-bond acceptors (Lipinski definition) is 3. The van der Waals surface area contributed by atoms with Crippen LogP contribution in [0.15, 0.2) is 18.5 Å². The Bertz CT molecular complexity index is 472. The summed E-state index contributed by atoms with van der Waals surface area (Å²) in [5.74, 6) is -0.316. The van der Waals surface area contributed by atoms with E-state index in [-0.39, 0.29) is 17.9 Å². The summed E-state index contributed by atoms with van der Waals surface area (Å²) in [6, 6.07) is 1.64. The fourth-order valence-corrected chi connectivity index (χ4v) is 1.74. The minimum atomic E-state index is -0.210. The molecule has 0 saturated heterocycles. The van der Waals surface area contributed by atoms with Crippen LogP contribution in [0.3, 0.4) is 0 Å². The zero-order chi connectivity index (χ0) is 15.1. The van der Waals surface area contributed by atoms with Gasteiger partial charge in [0.05, 0.1) is 11.1 Å². The maximum atomic E-state index is 12.2. The Hall–Kier alpha value is -1.91. The Morgan fingerprint density at radius 3 is 2.55 bits per heavy atom. The first kappa shape index (κ1) is 16.1. The van der Waals surface area contributed by atoms with Crippen LogP contribution < -0.4 is 5.32 Å². The molecule has 2 amide bonds. The van der Waals surface area contributed by atoms with Gasteiger partial charge in [0, 0.05) is 32.0 Å².